The van der Waals surface area contributed by atoms with Gasteiger partial charge in [0.2, 0.25) is 5.91 Å². The number of rotatable bonds is 12. The second kappa shape index (κ2) is 11.3. The monoisotopic (exact) mass is 454 g/mol. The number of hydrogen-bond donors (Lipinski definition) is 1. The first-order valence-corrected chi connectivity index (χ1v) is 12.3. The van der Waals surface area contributed by atoms with E-state index < -0.39 is 15.9 Å². The minimum Gasteiger partial charge on any atom is -0.490 e. The number of benzene rings is 1. The molecule has 0 radical (unpaired) electrons. The molecule has 0 spiro atoms. The maximum atomic E-state index is 13.0. The lowest BCUT2D eigenvalue weighted by molar-refractivity contribution is -0.116. The van der Waals surface area contributed by atoms with Crippen molar-refractivity contribution in [2.45, 2.75) is 38.3 Å². The Hall–Kier alpha value is -2.10. The van der Waals surface area contributed by atoms with Crippen molar-refractivity contribution >= 4 is 33.0 Å². The zero-order valence-corrected chi connectivity index (χ0v) is 19.5. The van der Waals surface area contributed by atoms with E-state index in [9.17, 15) is 13.2 Å². The van der Waals surface area contributed by atoms with Crippen LogP contribution in [0.1, 0.15) is 34.1 Å². The molecule has 0 atom stereocenters. The fourth-order valence-corrected chi connectivity index (χ4v) is 5.27. The second-order valence-electron chi connectivity index (χ2n) is 7.03. The van der Waals surface area contributed by atoms with Crippen LogP contribution in [0, 0.1) is 5.92 Å². The Morgan fingerprint density at radius 1 is 1.13 bits per heavy atom. The Labute approximate surface area is 183 Å². The van der Waals surface area contributed by atoms with Gasteiger partial charge in [0.1, 0.15) is 4.21 Å². The molecule has 0 bridgehead atoms. The fraction of sp³-hybridized carbons (Fsp3) is 0.476. The van der Waals surface area contributed by atoms with Crippen LogP contribution in [0.3, 0.4) is 0 Å². The molecule has 2 rings (SSSR count). The SMILES string of the molecule is CCOc1ccc(NC(=O)CN(CCC(C)C)S(=O)(=O)c2cccs2)cc1OCC. The molecule has 0 fully saturated rings. The van der Waals surface area contributed by atoms with Crippen molar-refractivity contribution < 1.29 is 22.7 Å². The van der Waals surface area contributed by atoms with Crippen LogP contribution in [0.15, 0.2) is 39.9 Å². The molecular weight excluding hydrogens is 424 g/mol. The Kier molecular flexibility index (Phi) is 9.13. The molecule has 0 aliphatic rings. The summed E-state index contributed by atoms with van der Waals surface area (Å²) < 4.78 is 38.5. The van der Waals surface area contributed by atoms with Crippen LogP contribution in [0.2, 0.25) is 0 Å². The van der Waals surface area contributed by atoms with Crippen molar-refractivity contribution in [3.05, 3.63) is 35.7 Å². The summed E-state index contributed by atoms with van der Waals surface area (Å²) in [6.07, 6.45) is 0.662. The lowest BCUT2D eigenvalue weighted by Gasteiger charge is -2.22. The topological polar surface area (TPSA) is 84.9 Å². The van der Waals surface area contributed by atoms with Gasteiger partial charge in [-0.1, -0.05) is 19.9 Å². The van der Waals surface area contributed by atoms with Gasteiger partial charge in [0.15, 0.2) is 11.5 Å². The molecule has 166 valence electrons. The minimum atomic E-state index is -3.73. The molecule has 0 aliphatic carbocycles. The lowest BCUT2D eigenvalue weighted by atomic mass is 10.1. The third-order valence-electron chi connectivity index (χ3n) is 4.19. The number of hydrogen-bond acceptors (Lipinski definition) is 6. The summed E-state index contributed by atoms with van der Waals surface area (Å²) in [5.41, 5.74) is 0.518. The highest BCUT2D eigenvalue weighted by molar-refractivity contribution is 7.91. The van der Waals surface area contributed by atoms with E-state index in [-0.39, 0.29) is 17.3 Å². The zero-order valence-electron chi connectivity index (χ0n) is 17.9. The van der Waals surface area contributed by atoms with Gasteiger partial charge in [-0.05, 0) is 49.8 Å². The summed E-state index contributed by atoms with van der Waals surface area (Å²) >= 11 is 1.15. The number of amides is 1. The molecule has 1 aromatic carbocycles. The van der Waals surface area contributed by atoms with Gasteiger partial charge < -0.3 is 14.8 Å². The van der Waals surface area contributed by atoms with E-state index in [1.54, 1.807) is 35.7 Å². The largest absolute Gasteiger partial charge is 0.490 e. The number of carbonyl (C=O) groups excluding carboxylic acids is 1. The highest BCUT2D eigenvalue weighted by atomic mass is 32.2. The number of anilines is 1. The average Bonchev–Trinajstić information content (AvgIpc) is 3.23. The van der Waals surface area contributed by atoms with E-state index >= 15 is 0 Å². The molecule has 1 amide bonds. The average molecular weight is 455 g/mol. The first-order chi connectivity index (χ1) is 14.3. The van der Waals surface area contributed by atoms with Gasteiger partial charge >= 0.3 is 0 Å². The molecule has 1 heterocycles. The molecule has 30 heavy (non-hydrogen) atoms. The number of nitrogens with one attached hydrogen (secondary N) is 1. The van der Waals surface area contributed by atoms with Gasteiger partial charge in [0.05, 0.1) is 19.8 Å². The molecular formula is C21H30N2O5S2. The Bertz CT molecular complexity index is 911. The molecule has 7 nitrogen and oxygen atoms in total. The van der Waals surface area contributed by atoms with E-state index in [4.69, 9.17) is 9.47 Å². The fourth-order valence-electron chi connectivity index (χ4n) is 2.71. The van der Waals surface area contributed by atoms with Crippen LogP contribution in [-0.2, 0) is 14.8 Å². The number of thiophene rings is 1. The molecule has 0 saturated carbocycles. The van der Waals surface area contributed by atoms with E-state index in [1.807, 2.05) is 27.7 Å². The Balaban J connectivity index is 2.16. The normalized spacial score (nSPS) is 11.7. The van der Waals surface area contributed by atoms with Gasteiger partial charge in [-0.2, -0.15) is 4.31 Å². The molecule has 1 aromatic heterocycles. The second-order valence-corrected chi connectivity index (χ2v) is 10.1. The van der Waals surface area contributed by atoms with Crippen molar-refractivity contribution in [1.29, 1.82) is 0 Å². The molecule has 9 heteroatoms. The summed E-state index contributed by atoms with van der Waals surface area (Å²) in [4.78, 5) is 12.7. The molecule has 0 aliphatic heterocycles. The van der Waals surface area contributed by atoms with Gasteiger partial charge in [0.25, 0.3) is 10.0 Å². The van der Waals surface area contributed by atoms with Crippen LogP contribution < -0.4 is 14.8 Å². The van der Waals surface area contributed by atoms with Crippen molar-refractivity contribution in [2.75, 3.05) is 31.6 Å². The van der Waals surface area contributed by atoms with E-state index in [2.05, 4.69) is 5.32 Å². The van der Waals surface area contributed by atoms with Crippen LogP contribution in [-0.4, -0.2) is 44.9 Å². The number of nitrogens with zero attached hydrogens (tertiary/aromatic N) is 1. The Morgan fingerprint density at radius 3 is 2.43 bits per heavy atom. The van der Waals surface area contributed by atoms with Crippen molar-refractivity contribution in [3.8, 4) is 11.5 Å². The van der Waals surface area contributed by atoms with E-state index in [0.29, 0.717) is 42.7 Å². The van der Waals surface area contributed by atoms with Crippen molar-refractivity contribution in [2.24, 2.45) is 5.92 Å². The molecule has 1 N–H and O–H groups in total. The number of carbonyl (C=O) groups is 1. The summed E-state index contributed by atoms with van der Waals surface area (Å²) in [6, 6.07) is 8.35. The third kappa shape index (κ3) is 6.72. The highest BCUT2D eigenvalue weighted by Gasteiger charge is 2.27. The van der Waals surface area contributed by atoms with Crippen molar-refractivity contribution in [3.63, 3.8) is 0 Å². The standard InChI is InChI=1S/C21H30N2O5S2/c1-5-27-18-10-9-17(14-19(18)28-6-2)22-20(24)15-23(12-11-16(3)4)30(25,26)21-8-7-13-29-21/h7-10,13-14,16H,5-6,11-12,15H2,1-4H3,(H,22,24). The first-order valence-electron chi connectivity index (χ1n) is 10.0. The van der Waals surface area contributed by atoms with Gasteiger partial charge in [0, 0.05) is 18.3 Å². The maximum Gasteiger partial charge on any atom is 0.253 e. The molecule has 0 unspecified atom stereocenters. The van der Waals surface area contributed by atoms with Crippen LogP contribution >= 0.6 is 11.3 Å². The maximum absolute atomic E-state index is 13.0. The zero-order chi connectivity index (χ0) is 22.1. The minimum absolute atomic E-state index is 0.235. The summed E-state index contributed by atoms with van der Waals surface area (Å²) in [5.74, 6) is 1.02. The van der Waals surface area contributed by atoms with Crippen LogP contribution in [0.5, 0.6) is 11.5 Å². The summed E-state index contributed by atoms with van der Waals surface area (Å²) in [6.45, 7) is 8.75. The molecule has 2 aromatic rings. The van der Waals surface area contributed by atoms with E-state index in [0.717, 1.165) is 11.3 Å². The quantitative estimate of drug-likeness (QED) is 0.519. The highest BCUT2D eigenvalue weighted by Crippen LogP contribution is 2.30. The van der Waals surface area contributed by atoms with Crippen molar-refractivity contribution in [1.82, 2.24) is 4.31 Å². The first kappa shape index (κ1) is 24.2. The van der Waals surface area contributed by atoms with E-state index in [1.165, 1.54) is 4.31 Å². The van der Waals surface area contributed by atoms with Gasteiger partial charge in [-0.3, -0.25) is 4.79 Å². The lowest BCUT2D eigenvalue weighted by Crippen LogP contribution is -2.38. The number of sulfonamides is 1. The summed E-state index contributed by atoms with van der Waals surface area (Å²) in [7, 11) is -3.73. The van der Waals surface area contributed by atoms with Crippen LogP contribution in [0.4, 0.5) is 5.69 Å². The van der Waals surface area contributed by atoms with Gasteiger partial charge in [-0.25, -0.2) is 8.42 Å². The number of ether oxygens (including phenoxy) is 2. The third-order valence-corrected chi connectivity index (χ3v) is 7.41. The predicted octanol–water partition coefficient (Wildman–Crippen LogP) is 4.22. The smallest absolute Gasteiger partial charge is 0.253 e. The summed E-state index contributed by atoms with van der Waals surface area (Å²) in [5, 5.41) is 4.48. The Morgan fingerprint density at radius 2 is 1.83 bits per heavy atom. The van der Waals surface area contributed by atoms with Crippen LogP contribution in [0.25, 0.3) is 0 Å². The van der Waals surface area contributed by atoms with Gasteiger partial charge in [-0.15, -0.1) is 11.3 Å². The molecule has 0 saturated heterocycles. The predicted molar refractivity (Wildman–Crippen MR) is 120 cm³/mol.